The van der Waals surface area contributed by atoms with E-state index >= 15 is 0 Å². The lowest BCUT2D eigenvalue weighted by Gasteiger charge is -2.24. The zero-order valence-corrected chi connectivity index (χ0v) is 20.1. The summed E-state index contributed by atoms with van der Waals surface area (Å²) < 4.78 is 41.0. The number of hydrogen-bond acceptors (Lipinski definition) is 6. The molecule has 6 nitrogen and oxygen atoms in total. The third kappa shape index (κ3) is 5.07. The number of hydrogen-bond donors (Lipinski definition) is 1. The van der Waals surface area contributed by atoms with Crippen LogP contribution in [0.1, 0.15) is 64.7 Å². The first-order valence-electron chi connectivity index (χ1n) is 12.0. The normalized spacial score (nSPS) is 15.0. The van der Waals surface area contributed by atoms with Gasteiger partial charge in [-0.1, -0.05) is 6.07 Å². The number of nitrogens with zero attached hydrogens (tertiary/aromatic N) is 4. The predicted molar refractivity (Wildman–Crippen MR) is 134 cm³/mol. The van der Waals surface area contributed by atoms with Crippen molar-refractivity contribution in [3.05, 3.63) is 88.9 Å². The molecule has 0 bridgehead atoms. The van der Waals surface area contributed by atoms with E-state index in [4.69, 9.17) is 5.73 Å². The molecule has 0 spiro atoms. The van der Waals surface area contributed by atoms with Gasteiger partial charge in [0.05, 0.1) is 5.69 Å². The van der Waals surface area contributed by atoms with E-state index in [2.05, 4.69) is 19.9 Å². The molecule has 0 saturated carbocycles. The molecule has 37 heavy (non-hydrogen) atoms. The Morgan fingerprint density at radius 3 is 2.62 bits per heavy atom. The SMILES string of the molecule is Cc1cc(-c2c(C(=O)CC3CCCc4cccnc43)nc(N)nc2-c2ccc(F)cc2)cc(C(F)F)n1. The highest BCUT2D eigenvalue weighted by molar-refractivity contribution is 6.04. The van der Waals surface area contributed by atoms with E-state index in [-0.39, 0.29) is 41.0 Å². The Kier molecular flexibility index (Phi) is 6.69. The molecule has 9 heteroatoms. The van der Waals surface area contributed by atoms with Gasteiger partial charge in [-0.2, -0.15) is 0 Å². The molecule has 1 atom stereocenters. The second-order valence-electron chi connectivity index (χ2n) is 9.15. The lowest BCUT2D eigenvalue weighted by molar-refractivity contribution is 0.0966. The number of nitrogen functional groups attached to an aromatic ring is 1. The zero-order chi connectivity index (χ0) is 26.1. The molecule has 0 aliphatic heterocycles. The summed E-state index contributed by atoms with van der Waals surface area (Å²) >= 11 is 0. The number of alkyl halides is 2. The first-order valence-corrected chi connectivity index (χ1v) is 12.0. The van der Waals surface area contributed by atoms with Crippen molar-refractivity contribution in [2.75, 3.05) is 5.73 Å². The van der Waals surface area contributed by atoms with Gasteiger partial charge in [-0.05, 0) is 79.8 Å². The van der Waals surface area contributed by atoms with E-state index in [9.17, 15) is 18.0 Å². The van der Waals surface area contributed by atoms with Crippen molar-refractivity contribution in [2.24, 2.45) is 0 Å². The van der Waals surface area contributed by atoms with Crippen LogP contribution in [-0.2, 0) is 6.42 Å². The maximum Gasteiger partial charge on any atom is 0.280 e. The smallest absolute Gasteiger partial charge is 0.280 e. The lowest BCUT2D eigenvalue weighted by atomic mass is 9.82. The van der Waals surface area contributed by atoms with Crippen molar-refractivity contribution in [2.45, 2.75) is 45.0 Å². The first-order chi connectivity index (χ1) is 17.8. The molecular weight excluding hydrogens is 479 g/mol. The van der Waals surface area contributed by atoms with Gasteiger partial charge < -0.3 is 5.73 Å². The summed E-state index contributed by atoms with van der Waals surface area (Å²) in [5.41, 5.74) is 9.29. The molecule has 0 radical (unpaired) electrons. The van der Waals surface area contributed by atoms with Crippen molar-refractivity contribution in [3.8, 4) is 22.4 Å². The van der Waals surface area contributed by atoms with Crippen molar-refractivity contribution in [1.82, 2.24) is 19.9 Å². The van der Waals surface area contributed by atoms with Gasteiger partial charge >= 0.3 is 0 Å². The Morgan fingerprint density at radius 1 is 1.08 bits per heavy atom. The quantitative estimate of drug-likeness (QED) is 0.312. The lowest BCUT2D eigenvalue weighted by Crippen LogP contribution is -2.18. The second-order valence-corrected chi connectivity index (χ2v) is 9.15. The van der Waals surface area contributed by atoms with Crippen LogP contribution < -0.4 is 5.73 Å². The van der Waals surface area contributed by atoms with Gasteiger partial charge in [0, 0.05) is 41.1 Å². The maximum absolute atomic E-state index is 13.8. The summed E-state index contributed by atoms with van der Waals surface area (Å²) in [5.74, 6) is -1.00. The largest absolute Gasteiger partial charge is 0.368 e. The number of fused-ring (bicyclic) bond motifs is 1. The average molecular weight is 504 g/mol. The number of carbonyl (C=O) groups is 1. The minimum atomic E-state index is -2.81. The van der Waals surface area contributed by atoms with Crippen LogP contribution in [0.4, 0.5) is 19.1 Å². The highest BCUT2D eigenvalue weighted by Gasteiger charge is 2.29. The number of aromatic nitrogens is 4. The number of aryl methyl sites for hydroxylation is 2. The summed E-state index contributed by atoms with van der Waals surface area (Å²) in [6.45, 7) is 1.59. The monoisotopic (exact) mass is 503 g/mol. The van der Waals surface area contributed by atoms with Gasteiger partial charge in [0.15, 0.2) is 5.78 Å². The van der Waals surface area contributed by atoms with Gasteiger partial charge in [-0.3, -0.25) is 14.8 Å². The summed E-state index contributed by atoms with van der Waals surface area (Å²) in [6.07, 6.45) is 1.65. The molecule has 1 aliphatic rings. The number of Topliss-reactive ketones (excluding diaryl/α,β-unsaturated/α-hetero) is 1. The summed E-state index contributed by atoms with van der Waals surface area (Å²) in [7, 11) is 0. The van der Waals surface area contributed by atoms with Crippen molar-refractivity contribution >= 4 is 11.7 Å². The second kappa shape index (κ2) is 10.1. The fraction of sp³-hybridized carbons (Fsp3) is 0.250. The van der Waals surface area contributed by atoms with Gasteiger partial charge in [0.25, 0.3) is 6.43 Å². The Morgan fingerprint density at radius 2 is 1.86 bits per heavy atom. The number of ketones is 1. The highest BCUT2D eigenvalue weighted by atomic mass is 19.3. The molecule has 0 amide bonds. The van der Waals surface area contributed by atoms with Gasteiger partial charge in [0.2, 0.25) is 5.95 Å². The molecule has 1 aliphatic carbocycles. The fourth-order valence-corrected chi connectivity index (χ4v) is 4.94. The summed E-state index contributed by atoms with van der Waals surface area (Å²) in [6, 6.07) is 12.2. The van der Waals surface area contributed by atoms with E-state index < -0.39 is 17.9 Å². The number of anilines is 1. The first kappa shape index (κ1) is 24.5. The summed E-state index contributed by atoms with van der Waals surface area (Å²) in [5, 5.41) is 0. The van der Waals surface area contributed by atoms with Crippen molar-refractivity contribution in [3.63, 3.8) is 0 Å². The van der Waals surface area contributed by atoms with Gasteiger partial charge in [-0.15, -0.1) is 0 Å². The topological polar surface area (TPSA) is 94.7 Å². The van der Waals surface area contributed by atoms with Gasteiger partial charge in [0.1, 0.15) is 17.2 Å². The molecule has 4 aromatic rings. The Balaban J connectivity index is 1.67. The van der Waals surface area contributed by atoms with Crippen LogP contribution in [0.25, 0.3) is 22.4 Å². The third-order valence-electron chi connectivity index (χ3n) is 6.54. The van der Waals surface area contributed by atoms with Crippen LogP contribution in [0.15, 0.2) is 54.7 Å². The van der Waals surface area contributed by atoms with Gasteiger partial charge in [-0.25, -0.2) is 23.1 Å². The predicted octanol–water partition coefficient (Wildman–Crippen LogP) is 6.26. The van der Waals surface area contributed by atoms with Crippen LogP contribution in [0.2, 0.25) is 0 Å². The number of pyridine rings is 2. The van der Waals surface area contributed by atoms with Crippen LogP contribution in [0.5, 0.6) is 0 Å². The Bertz CT molecular complexity index is 1470. The molecule has 3 aromatic heterocycles. The number of rotatable bonds is 6. The molecule has 1 unspecified atom stereocenters. The number of nitrogens with two attached hydrogens (primary N) is 1. The molecule has 3 heterocycles. The molecule has 1 aromatic carbocycles. The summed E-state index contributed by atoms with van der Waals surface area (Å²) in [4.78, 5) is 30.9. The van der Waals surface area contributed by atoms with Crippen LogP contribution in [0.3, 0.4) is 0 Å². The maximum atomic E-state index is 13.8. The van der Waals surface area contributed by atoms with E-state index in [1.807, 2.05) is 12.1 Å². The van der Waals surface area contributed by atoms with Crippen LogP contribution in [0, 0.1) is 12.7 Å². The third-order valence-corrected chi connectivity index (χ3v) is 6.54. The number of carbonyl (C=O) groups excluding carboxylic acids is 1. The van der Waals surface area contributed by atoms with Crippen molar-refractivity contribution < 1.29 is 18.0 Å². The Labute approximate surface area is 211 Å². The molecule has 188 valence electrons. The van der Waals surface area contributed by atoms with Crippen LogP contribution >= 0.6 is 0 Å². The number of halogens is 3. The van der Waals surface area contributed by atoms with Crippen molar-refractivity contribution in [1.29, 1.82) is 0 Å². The molecule has 0 fully saturated rings. The van der Waals surface area contributed by atoms with E-state index in [0.29, 0.717) is 16.8 Å². The molecule has 2 N–H and O–H groups in total. The fourth-order valence-electron chi connectivity index (χ4n) is 4.94. The zero-order valence-electron chi connectivity index (χ0n) is 20.1. The molecular formula is C28H24F3N5O. The standard InChI is InChI=1S/C28H24F3N5O/c1-15-12-19(13-21(34-15)27(30)31)23-25(17-7-9-20(29)10-8-17)35-28(32)36-26(23)22(37)14-18-5-2-4-16-6-3-11-33-24(16)18/h3,6-13,18,27H,2,4-5,14H2,1H3,(H2,32,35,36). The van der Waals surface area contributed by atoms with Crippen LogP contribution in [-0.4, -0.2) is 25.7 Å². The minimum Gasteiger partial charge on any atom is -0.368 e. The highest BCUT2D eigenvalue weighted by Crippen LogP contribution is 2.38. The average Bonchev–Trinajstić information content (AvgIpc) is 2.88. The van der Waals surface area contributed by atoms with E-state index in [1.165, 1.54) is 30.3 Å². The number of benzene rings is 1. The Hall–Kier alpha value is -4.14. The molecule has 0 saturated heterocycles. The minimum absolute atomic E-state index is 0.0284. The molecule has 5 rings (SSSR count). The van der Waals surface area contributed by atoms with E-state index in [0.717, 1.165) is 30.5 Å². The van der Waals surface area contributed by atoms with E-state index in [1.54, 1.807) is 19.2 Å².